The van der Waals surface area contributed by atoms with Crippen LogP contribution >= 0.6 is 11.6 Å². The molecule has 2 atom stereocenters. The summed E-state index contributed by atoms with van der Waals surface area (Å²) in [6.07, 6.45) is 2.91. The molecule has 1 fully saturated rings. The van der Waals surface area contributed by atoms with Gasteiger partial charge in [0.25, 0.3) is 0 Å². The standard InChI is InChI=1S/C16H24ClNO2/c1-2-20-14-7-11(8-14)9-16(19)15(10-18)12-3-5-13(17)6-4-12/h3-6,11,14-16,19H,2,7-10,18H2,1H3. The fourth-order valence-electron chi connectivity index (χ4n) is 2.97. The molecular weight excluding hydrogens is 274 g/mol. The van der Waals surface area contributed by atoms with Crippen molar-refractivity contribution in [1.82, 2.24) is 0 Å². The normalized spacial score (nSPS) is 25.0. The number of halogens is 1. The Morgan fingerprint density at radius 1 is 1.35 bits per heavy atom. The van der Waals surface area contributed by atoms with E-state index < -0.39 is 6.10 Å². The first kappa shape index (κ1) is 15.8. The fraction of sp³-hybridized carbons (Fsp3) is 0.625. The van der Waals surface area contributed by atoms with Gasteiger partial charge in [-0.2, -0.15) is 0 Å². The lowest BCUT2D eigenvalue weighted by Crippen LogP contribution is -2.36. The molecule has 0 spiro atoms. The number of aliphatic hydroxyl groups is 1. The Kier molecular flexibility index (Phi) is 5.85. The summed E-state index contributed by atoms with van der Waals surface area (Å²) in [5.74, 6) is 0.543. The lowest BCUT2D eigenvalue weighted by Gasteiger charge is -2.37. The van der Waals surface area contributed by atoms with Crippen molar-refractivity contribution in [2.24, 2.45) is 11.7 Å². The Bertz CT molecular complexity index is 403. The predicted molar refractivity (Wildman–Crippen MR) is 82.0 cm³/mol. The van der Waals surface area contributed by atoms with Crippen LogP contribution in [-0.4, -0.2) is 30.5 Å². The third-order valence-electron chi connectivity index (χ3n) is 4.19. The van der Waals surface area contributed by atoms with Gasteiger partial charge in [0.05, 0.1) is 12.2 Å². The van der Waals surface area contributed by atoms with Gasteiger partial charge in [0, 0.05) is 24.1 Å². The minimum atomic E-state index is -0.395. The molecule has 1 aromatic rings. The van der Waals surface area contributed by atoms with Crippen LogP contribution < -0.4 is 5.73 Å². The largest absolute Gasteiger partial charge is 0.392 e. The van der Waals surface area contributed by atoms with Crippen molar-refractivity contribution >= 4 is 11.6 Å². The van der Waals surface area contributed by atoms with E-state index in [0.29, 0.717) is 23.6 Å². The molecule has 0 heterocycles. The number of aliphatic hydroxyl groups excluding tert-OH is 1. The van der Waals surface area contributed by atoms with Crippen molar-refractivity contribution in [3.8, 4) is 0 Å². The van der Waals surface area contributed by atoms with E-state index in [9.17, 15) is 5.11 Å². The summed E-state index contributed by atoms with van der Waals surface area (Å²) >= 11 is 5.89. The molecule has 0 aromatic heterocycles. The number of nitrogens with two attached hydrogens (primary N) is 1. The molecule has 2 rings (SSSR count). The molecule has 0 bridgehead atoms. The van der Waals surface area contributed by atoms with E-state index in [-0.39, 0.29) is 5.92 Å². The predicted octanol–water partition coefficient (Wildman–Crippen LogP) is 2.95. The summed E-state index contributed by atoms with van der Waals surface area (Å²) in [6.45, 7) is 3.24. The van der Waals surface area contributed by atoms with E-state index in [1.54, 1.807) is 0 Å². The molecule has 4 heteroatoms. The van der Waals surface area contributed by atoms with Gasteiger partial charge in [-0.3, -0.25) is 0 Å². The molecule has 0 saturated heterocycles. The van der Waals surface area contributed by atoms with Gasteiger partial charge in [-0.15, -0.1) is 0 Å². The molecule has 0 aliphatic heterocycles. The molecule has 0 radical (unpaired) electrons. The van der Waals surface area contributed by atoms with Gasteiger partial charge in [-0.05, 0) is 49.8 Å². The SMILES string of the molecule is CCOC1CC(CC(O)C(CN)c2ccc(Cl)cc2)C1. The average molecular weight is 298 g/mol. The molecule has 3 nitrogen and oxygen atoms in total. The summed E-state index contributed by atoms with van der Waals surface area (Å²) in [5, 5.41) is 11.1. The second kappa shape index (κ2) is 7.41. The van der Waals surface area contributed by atoms with E-state index in [2.05, 4.69) is 0 Å². The lowest BCUT2D eigenvalue weighted by atomic mass is 9.76. The Labute approximate surface area is 126 Å². The van der Waals surface area contributed by atoms with Crippen LogP contribution in [0.5, 0.6) is 0 Å². The van der Waals surface area contributed by atoms with Gasteiger partial charge >= 0.3 is 0 Å². The Morgan fingerprint density at radius 3 is 2.55 bits per heavy atom. The highest BCUT2D eigenvalue weighted by Crippen LogP contribution is 2.36. The Morgan fingerprint density at radius 2 is 2.00 bits per heavy atom. The fourth-order valence-corrected chi connectivity index (χ4v) is 3.10. The highest BCUT2D eigenvalue weighted by atomic mass is 35.5. The van der Waals surface area contributed by atoms with Gasteiger partial charge in [0.15, 0.2) is 0 Å². The Hall–Kier alpha value is -0.610. The minimum absolute atomic E-state index is 0.0154. The van der Waals surface area contributed by atoms with Gasteiger partial charge in [0.1, 0.15) is 0 Å². The topological polar surface area (TPSA) is 55.5 Å². The third-order valence-corrected chi connectivity index (χ3v) is 4.44. The molecule has 1 aliphatic carbocycles. The highest BCUT2D eigenvalue weighted by molar-refractivity contribution is 6.30. The highest BCUT2D eigenvalue weighted by Gasteiger charge is 2.33. The maximum Gasteiger partial charge on any atom is 0.0623 e. The number of ether oxygens (including phenoxy) is 1. The van der Waals surface area contributed by atoms with E-state index in [1.807, 2.05) is 31.2 Å². The van der Waals surface area contributed by atoms with Crippen LogP contribution in [0.4, 0.5) is 0 Å². The van der Waals surface area contributed by atoms with E-state index in [4.69, 9.17) is 22.1 Å². The number of hydrogen-bond acceptors (Lipinski definition) is 3. The van der Waals surface area contributed by atoms with Crippen LogP contribution in [0, 0.1) is 5.92 Å². The van der Waals surface area contributed by atoms with Crippen molar-refractivity contribution in [3.05, 3.63) is 34.9 Å². The van der Waals surface area contributed by atoms with Gasteiger partial charge in [-0.25, -0.2) is 0 Å². The molecule has 3 N–H and O–H groups in total. The van der Waals surface area contributed by atoms with Crippen molar-refractivity contribution in [3.63, 3.8) is 0 Å². The van der Waals surface area contributed by atoms with Gasteiger partial charge in [-0.1, -0.05) is 23.7 Å². The van der Waals surface area contributed by atoms with Crippen molar-refractivity contribution in [2.75, 3.05) is 13.2 Å². The van der Waals surface area contributed by atoms with Gasteiger partial charge < -0.3 is 15.6 Å². The lowest BCUT2D eigenvalue weighted by molar-refractivity contribution is -0.0398. The second-order valence-electron chi connectivity index (χ2n) is 5.61. The monoisotopic (exact) mass is 297 g/mol. The van der Waals surface area contributed by atoms with Crippen molar-refractivity contribution in [2.45, 2.75) is 44.3 Å². The maximum absolute atomic E-state index is 10.4. The van der Waals surface area contributed by atoms with E-state index in [1.165, 1.54) is 0 Å². The molecule has 1 aromatic carbocycles. The first-order valence-electron chi connectivity index (χ1n) is 7.39. The number of benzene rings is 1. The first-order valence-corrected chi connectivity index (χ1v) is 7.77. The van der Waals surface area contributed by atoms with Crippen LogP contribution in [0.25, 0.3) is 0 Å². The van der Waals surface area contributed by atoms with Crippen LogP contribution in [-0.2, 0) is 4.74 Å². The zero-order valence-corrected chi connectivity index (χ0v) is 12.7. The molecule has 0 amide bonds. The quantitative estimate of drug-likeness (QED) is 0.813. The number of hydrogen-bond donors (Lipinski definition) is 2. The number of rotatable bonds is 7. The first-order chi connectivity index (χ1) is 9.63. The second-order valence-corrected chi connectivity index (χ2v) is 6.05. The minimum Gasteiger partial charge on any atom is -0.392 e. The van der Waals surface area contributed by atoms with Crippen molar-refractivity contribution in [1.29, 1.82) is 0 Å². The van der Waals surface area contributed by atoms with Gasteiger partial charge in [0.2, 0.25) is 0 Å². The molecule has 2 unspecified atom stereocenters. The smallest absolute Gasteiger partial charge is 0.0623 e. The average Bonchev–Trinajstić information content (AvgIpc) is 2.39. The summed E-state index contributed by atoms with van der Waals surface area (Å²) in [6, 6.07) is 7.60. The van der Waals surface area contributed by atoms with Crippen LogP contribution in [0.15, 0.2) is 24.3 Å². The molecular formula is C16H24ClNO2. The van der Waals surface area contributed by atoms with Crippen molar-refractivity contribution < 1.29 is 9.84 Å². The zero-order valence-electron chi connectivity index (χ0n) is 12.0. The Balaban J connectivity index is 1.86. The van der Waals surface area contributed by atoms with E-state index >= 15 is 0 Å². The summed E-state index contributed by atoms with van der Waals surface area (Å²) in [5.41, 5.74) is 6.90. The van der Waals surface area contributed by atoms with Crippen LogP contribution in [0.2, 0.25) is 5.02 Å². The summed E-state index contributed by atoms with van der Waals surface area (Å²) < 4.78 is 5.55. The molecule has 20 heavy (non-hydrogen) atoms. The molecule has 112 valence electrons. The van der Waals surface area contributed by atoms with Crippen LogP contribution in [0.1, 0.15) is 37.7 Å². The van der Waals surface area contributed by atoms with E-state index in [0.717, 1.165) is 31.4 Å². The van der Waals surface area contributed by atoms with Crippen LogP contribution in [0.3, 0.4) is 0 Å². The maximum atomic E-state index is 10.4. The summed E-state index contributed by atoms with van der Waals surface area (Å²) in [4.78, 5) is 0. The molecule has 1 aliphatic rings. The zero-order chi connectivity index (χ0) is 14.5. The third kappa shape index (κ3) is 3.95. The summed E-state index contributed by atoms with van der Waals surface area (Å²) in [7, 11) is 0. The molecule has 1 saturated carbocycles.